The number of benzene rings is 1. The number of fused-ring (bicyclic) bond motifs is 1. The zero-order valence-electron chi connectivity index (χ0n) is 19.6. The summed E-state index contributed by atoms with van der Waals surface area (Å²) in [4.78, 5) is 10.8. The number of carboxylic acids is 1. The number of allylic oxidation sites excluding steroid dienone is 1. The van der Waals surface area contributed by atoms with Gasteiger partial charge in [-0.05, 0) is 42.2 Å². The molecule has 1 N–H and O–H groups in total. The maximum Gasteiger partial charge on any atom is 0.329 e. The second-order valence-electron chi connectivity index (χ2n) is 9.17. The maximum atomic E-state index is 13.0. The van der Waals surface area contributed by atoms with E-state index in [1.807, 2.05) is 0 Å². The molecule has 1 aliphatic carbocycles. The average molecular weight is 465 g/mol. The minimum Gasteiger partial charge on any atom is -0.478 e. The van der Waals surface area contributed by atoms with Crippen LogP contribution in [0.25, 0.3) is 0 Å². The molecule has 0 fully saturated rings. The largest absolute Gasteiger partial charge is 0.478 e. The van der Waals surface area contributed by atoms with E-state index >= 15 is 0 Å². The van der Waals surface area contributed by atoms with Gasteiger partial charge in [-0.3, -0.25) is 0 Å². The van der Waals surface area contributed by atoms with E-state index in [1.54, 1.807) is 13.2 Å². The lowest BCUT2D eigenvalue weighted by Crippen LogP contribution is -2.34. The minimum absolute atomic E-state index is 0.0181. The zero-order chi connectivity index (χ0) is 24.2. The summed E-state index contributed by atoms with van der Waals surface area (Å²) >= 11 is 0. The summed E-state index contributed by atoms with van der Waals surface area (Å²) in [6, 6.07) is 3.16. The smallest absolute Gasteiger partial charge is 0.329 e. The first-order valence-corrected chi connectivity index (χ1v) is 11.9. The number of sulfone groups is 1. The van der Waals surface area contributed by atoms with Crippen molar-refractivity contribution >= 4 is 15.8 Å². The second-order valence-corrected chi connectivity index (χ2v) is 10.9. The first kappa shape index (κ1) is 25.9. The second kappa shape index (κ2) is 10.1. The van der Waals surface area contributed by atoms with Crippen molar-refractivity contribution in [2.75, 3.05) is 27.1 Å². The molecule has 0 spiro atoms. The van der Waals surface area contributed by atoms with Crippen LogP contribution in [0.3, 0.4) is 0 Å². The maximum absolute atomic E-state index is 13.0. The number of hydrogen-bond donors (Lipinski definition) is 1. The predicted molar refractivity (Wildman–Crippen MR) is 121 cm³/mol. The van der Waals surface area contributed by atoms with Crippen molar-refractivity contribution in [2.24, 2.45) is 0 Å². The van der Waals surface area contributed by atoms with E-state index in [0.717, 1.165) is 30.0 Å². The summed E-state index contributed by atoms with van der Waals surface area (Å²) in [5.74, 6) is 1.69. The Morgan fingerprint density at radius 1 is 1.16 bits per heavy atom. The van der Waals surface area contributed by atoms with Crippen LogP contribution in [0, 0.1) is 11.2 Å². The quantitative estimate of drug-likeness (QED) is 0.205. The van der Waals surface area contributed by atoms with Gasteiger partial charge in [-0.1, -0.05) is 33.6 Å². The van der Waals surface area contributed by atoms with E-state index < -0.39 is 15.8 Å². The highest BCUT2D eigenvalue weighted by Crippen LogP contribution is 2.50. The van der Waals surface area contributed by atoms with Gasteiger partial charge in [0.15, 0.2) is 6.79 Å². The molecule has 0 saturated heterocycles. The summed E-state index contributed by atoms with van der Waals surface area (Å²) in [6.45, 7) is 10.6. The molecule has 7 nitrogen and oxygen atoms in total. The SMILES string of the molecule is COCCOCOc1cc(S(=O)(=O)C#C/C(C)=C/C(=O)O)cc2c1C(C)(C)CCC2(C)C. The van der Waals surface area contributed by atoms with Crippen LogP contribution < -0.4 is 4.74 Å². The van der Waals surface area contributed by atoms with Gasteiger partial charge in [-0.15, -0.1) is 0 Å². The van der Waals surface area contributed by atoms with Gasteiger partial charge in [0.05, 0.1) is 18.1 Å². The molecule has 1 aromatic carbocycles. The molecule has 0 amide bonds. The topological polar surface area (TPSA) is 99.1 Å². The first-order valence-electron chi connectivity index (χ1n) is 10.4. The van der Waals surface area contributed by atoms with Crippen LogP contribution >= 0.6 is 0 Å². The monoisotopic (exact) mass is 464 g/mol. The molecule has 32 heavy (non-hydrogen) atoms. The van der Waals surface area contributed by atoms with Gasteiger partial charge in [-0.25, -0.2) is 13.2 Å². The van der Waals surface area contributed by atoms with Gasteiger partial charge in [0.2, 0.25) is 9.84 Å². The molecule has 0 unspecified atom stereocenters. The third-order valence-electron chi connectivity index (χ3n) is 5.62. The minimum atomic E-state index is -4.01. The molecule has 1 aliphatic rings. The van der Waals surface area contributed by atoms with Gasteiger partial charge in [0.1, 0.15) is 5.75 Å². The van der Waals surface area contributed by atoms with Crippen molar-refractivity contribution in [3.63, 3.8) is 0 Å². The number of rotatable bonds is 8. The van der Waals surface area contributed by atoms with Gasteiger partial charge < -0.3 is 19.3 Å². The Hall–Kier alpha value is -2.34. The number of aliphatic carboxylic acids is 1. The molecule has 2 rings (SSSR count). The van der Waals surface area contributed by atoms with Crippen LogP contribution in [0.1, 0.15) is 58.6 Å². The lowest BCUT2D eigenvalue weighted by Gasteiger charge is -2.42. The molecule has 8 heteroatoms. The lowest BCUT2D eigenvalue weighted by atomic mass is 9.63. The van der Waals surface area contributed by atoms with Crippen LogP contribution in [0.4, 0.5) is 0 Å². The van der Waals surface area contributed by atoms with Gasteiger partial charge in [-0.2, -0.15) is 0 Å². The molecular weight excluding hydrogens is 432 g/mol. The third-order valence-corrected chi connectivity index (χ3v) is 6.85. The Morgan fingerprint density at radius 2 is 1.81 bits per heavy atom. The fourth-order valence-electron chi connectivity index (χ4n) is 3.71. The number of methoxy groups -OCH3 is 1. The highest BCUT2D eigenvalue weighted by molar-refractivity contribution is 7.96. The molecule has 0 radical (unpaired) electrons. The summed E-state index contributed by atoms with van der Waals surface area (Å²) in [5.41, 5.74) is 1.56. The van der Waals surface area contributed by atoms with Crippen molar-refractivity contribution in [1.29, 1.82) is 0 Å². The van der Waals surface area contributed by atoms with E-state index in [4.69, 9.17) is 19.3 Å². The molecular formula is C24H32O7S. The summed E-state index contributed by atoms with van der Waals surface area (Å²) in [5, 5.41) is 11.0. The summed E-state index contributed by atoms with van der Waals surface area (Å²) in [6.07, 6.45) is 2.69. The number of ether oxygens (including phenoxy) is 3. The third kappa shape index (κ3) is 6.35. The van der Waals surface area contributed by atoms with Crippen LogP contribution in [0.2, 0.25) is 0 Å². The van der Waals surface area contributed by atoms with Crippen molar-refractivity contribution in [2.45, 2.75) is 63.2 Å². The zero-order valence-corrected chi connectivity index (χ0v) is 20.4. The van der Waals surface area contributed by atoms with E-state index in [0.29, 0.717) is 19.0 Å². The fourth-order valence-corrected chi connectivity index (χ4v) is 4.66. The highest BCUT2D eigenvalue weighted by atomic mass is 32.2. The fraction of sp³-hybridized carbons (Fsp3) is 0.542. The molecule has 176 valence electrons. The highest BCUT2D eigenvalue weighted by Gasteiger charge is 2.40. The Bertz CT molecular complexity index is 1050. The van der Waals surface area contributed by atoms with Crippen molar-refractivity contribution < 1.29 is 32.5 Å². The van der Waals surface area contributed by atoms with E-state index in [2.05, 4.69) is 38.9 Å². The Kier molecular flexibility index (Phi) is 8.16. The molecule has 0 atom stereocenters. The molecule has 1 aromatic rings. The summed E-state index contributed by atoms with van der Waals surface area (Å²) in [7, 11) is -2.43. The molecule has 0 aliphatic heterocycles. The normalized spacial score (nSPS) is 17.1. The molecule has 0 heterocycles. The Labute approximate surface area is 190 Å². The summed E-state index contributed by atoms with van der Waals surface area (Å²) < 4.78 is 42.3. The first-order chi connectivity index (χ1) is 14.8. The standard InChI is InChI=1S/C24H32O7S/c1-17(13-21(25)26)7-12-32(27,28)18-14-19-22(24(4,5)9-8-23(19,2)3)20(15-18)31-16-30-11-10-29-6/h13-15H,8-11,16H2,1-6H3,(H,25,26)/b17-13+. The van der Waals surface area contributed by atoms with Crippen LogP contribution in [-0.4, -0.2) is 46.6 Å². The van der Waals surface area contributed by atoms with Crippen LogP contribution in [-0.2, 0) is 34.9 Å². The van der Waals surface area contributed by atoms with E-state index in [9.17, 15) is 13.2 Å². The van der Waals surface area contributed by atoms with Crippen molar-refractivity contribution in [1.82, 2.24) is 0 Å². The lowest BCUT2D eigenvalue weighted by molar-refractivity contribution is -0.131. The number of hydrogen-bond acceptors (Lipinski definition) is 6. The van der Waals surface area contributed by atoms with Gasteiger partial charge in [0.25, 0.3) is 0 Å². The van der Waals surface area contributed by atoms with Crippen molar-refractivity contribution in [3.05, 3.63) is 34.9 Å². The van der Waals surface area contributed by atoms with Crippen molar-refractivity contribution in [3.8, 4) is 16.9 Å². The van der Waals surface area contributed by atoms with Crippen LogP contribution in [0.15, 0.2) is 28.7 Å². The molecule has 0 aromatic heterocycles. The van der Waals surface area contributed by atoms with Crippen LogP contribution in [0.5, 0.6) is 5.75 Å². The molecule has 0 saturated carbocycles. The number of carboxylic acid groups (broad SMARTS) is 1. The van der Waals surface area contributed by atoms with E-state index in [-0.39, 0.29) is 28.1 Å². The Morgan fingerprint density at radius 3 is 2.44 bits per heavy atom. The van der Waals surface area contributed by atoms with Gasteiger partial charge in [0, 0.05) is 35.6 Å². The predicted octanol–water partition coefficient (Wildman–Crippen LogP) is 3.80. The van der Waals surface area contributed by atoms with Gasteiger partial charge >= 0.3 is 5.97 Å². The molecule has 0 bridgehead atoms. The Balaban J connectivity index is 2.57. The van der Waals surface area contributed by atoms with E-state index in [1.165, 1.54) is 13.0 Å². The number of carbonyl (C=O) groups is 1. The average Bonchev–Trinajstić information content (AvgIpc) is 2.69.